The maximum atomic E-state index is 9.40. The number of anilines is 1. The Hall–Kier alpha value is -1.97. The molecule has 0 saturated heterocycles. The first kappa shape index (κ1) is 16.9. The summed E-state index contributed by atoms with van der Waals surface area (Å²) in [6, 6.07) is 0.378. The molecule has 3 rings (SSSR count). The number of imidazole rings is 1. The number of aliphatic hydroxyl groups is 1. The highest BCUT2D eigenvalue weighted by Crippen LogP contribution is 2.27. The molecule has 0 saturated carbocycles. The molecule has 0 radical (unpaired) electrons. The van der Waals surface area contributed by atoms with Crippen LogP contribution in [0.1, 0.15) is 18.4 Å². The van der Waals surface area contributed by atoms with Gasteiger partial charge in [0.25, 0.3) is 6.01 Å². The molecule has 3 heterocycles. The maximum absolute atomic E-state index is 9.40. The first-order chi connectivity index (χ1) is 11.7. The molecule has 0 spiro atoms. The van der Waals surface area contributed by atoms with Crippen molar-refractivity contribution < 1.29 is 9.84 Å². The summed E-state index contributed by atoms with van der Waals surface area (Å²) in [6.45, 7) is 3.41. The number of nitrogens with one attached hydrogen (secondary N) is 1. The van der Waals surface area contributed by atoms with E-state index in [1.54, 1.807) is 6.20 Å². The monoisotopic (exact) mass is 368 g/mol. The van der Waals surface area contributed by atoms with Crippen molar-refractivity contribution in [2.24, 2.45) is 0 Å². The smallest absolute Gasteiger partial charge is 0.295 e. The maximum Gasteiger partial charge on any atom is 0.295 e. The third-order valence-corrected chi connectivity index (χ3v) is 4.13. The van der Waals surface area contributed by atoms with Crippen LogP contribution in [0.2, 0.25) is 5.28 Å². The van der Waals surface area contributed by atoms with Gasteiger partial charge >= 0.3 is 0 Å². The van der Waals surface area contributed by atoms with E-state index in [1.165, 1.54) is 11.3 Å². The normalized spacial score (nSPS) is 11.1. The largest absolute Gasteiger partial charge is 0.465 e. The summed E-state index contributed by atoms with van der Waals surface area (Å²) in [5.41, 5.74) is 1.05. The fraction of sp³-hybridized carbons (Fsp3) is 0.429. The third kappa shape index (κ3) is 3.74. The third-order valence-electron chi connectivity index (χ3n) is 3.20. The number of thiazole rings is 1. The zero-order chi connectivity index (χ0) is 16.9. The Kier molecular flexibility index (Phi) is 5.44. The van der Waals surface area contributed by atoms with Crippen molar-refractivity contribution in [2.75, 3.05) is 24.7 Å². The van der Waals surface area contributed by atoms with Crippen LogP contribution in [-0.2, 0) is 6.54 Å². The van der Waals surface area contributed by atoms with Crippen molar-refractivity contribution in [3.8, 4) is 6.01 Å². The minimum Gasteiger partial charge on any atom is -0.465 e. The van der Waals surface area contributed by atoms with Gasteiger partial charge in [0.05, 0.1) is 19.8 Å². The van der Waals surface area contributed by atoms with Crippen LogP contribution in [0.15, 0.2) is 11.6 Å². The Morgan fingerprint density at radius 1 is 1.38 bits per heavy atom. The molecule has 8 nitrogen and oxygen atoms in total. The standard InChI is InChI=1S/C14H17ClN6O2S/c1-2-6-23-14-17-10-11(19-14)18-13(15)20-12(10)21(4-5-22)8-9-16-3-7-24-9/h3,7,22H,2,4-6,8H2,1H3,(H,17,18,19,20). The lowest BCUT2D eigenvalue weighted by Gasteiger charge is -2.21. The van der Waals surface area contributed by atoms with Gasteiger partial charge in [0.1, 0.15) is 5.01 Å². The lowest BCUT2D eigenvalue weighted by Crippen LogP contribution is -2.27. The zero-order valence-electron chi connectivity index (χ0n) is 13.1. The van der Waals surface area contributed by atoms with Crippen molar-refractivity contribution in [3.05, 3.63) is 21.9 Å². The molecule has 0 unspecified atom stereocenters. The van der Waals surface area contributed by atoms with E-state index in [0.29, 0.717) is 42.7 Å². The van der Waals surface area contributed by atoms with Gasteiger partial charge in [-0.3, -0.25) is 4.98 Å². The number of aromatic amines is 1. The summed E-state index contributed by atoms with van der Waals surface area (Å²) < 4.78 is 5.52. The van der Waals surface area contributed by atoms with Gasteiger partial charge in [-0.05, 0) is 18.0 Å². The molecule has 0 aliphatic heterocycles. The van der Waals surface area contributed by atoms with Gasteiger partial charge in [0.15, 0.2) is 17.0 Å². The van der Waals surface area contributed by atoms with Crippen LogP contribution < -0.4 is 9.64 Å². The van der Waals surface area contributed by atoms with Gasteiger partial charge in [-0.1, -0.05) is 6.92 Å². The topological polar surface area (TPSA) is 100 Å². The van der Waals surface area contributed by atoms with Crippen molar-refractivity contribution in [3.63, 3.8) is 0 Å². The molecule has 0 bridgehead atoms. The Labute approximate surface area is 147 Å². The molecule has 3 aromatic heterocycles. The highest BCUT2D eigenvalue weighted by Gasteiger charge is 2.19. The number of hydrogen-bond donors (Lipinski definition) is 2. The Morgan fingerprint density at radius 2 is 2.25 bits per heavy atom. The van der Waals surface area contributed by atoms with Gasteiger partial charge in [0, 0.05) is 18.1 Å². The van der Waals surface area contributed by atoms with Crippen LogP contribution in [0.25, 0.3) is 11.2 Å². The number of hydrogen-bond acceptors (Lipinski definition) is 8. The molecule has 0 aromatic carbocycles. The first-order valence-electron chi connectivity index (χ1n) is 7.51. The minimum atomic E-state index is -0.0297. The number of nitrogens with zero attached hydrogens (tertiary/aromatic N) is 5. The number of halogens is 1. The highest BCUT2D eigenvalue weighted by atomic mass is 35.5. The number of ether oxygens (including phenoxy) is 1. The van der Waals surface area contributed by atoms with Crippen molar-refractivity contribution in [1.29, 1.82) is 0 Å². The van der Waals surface area contributed by atoms with E-state index in [9.17, 15) is 5.11 Å². The average molecular weight is 369 g/mol. The van der Waals surface area contributed by atoms with Crippen LogP contribution in [0.3, 0.4) is 0 Å². The minimum absolute atomic E-state index is 0.0297. The molecule has 0 aliphatic rings. The van der Waals surface area contributed by atoms with E-state index in [2.05, 4.69) is 24.9 Å². The number of fused-ring (bicyclic) bond motifs is 1. The van der Waals surface area contributed by atoms with E-state index in [-0.39, 0.29) is 11.9 Å². The molecule has 128 valence electrons. The lowest BCUT2D eigenvalue weighted by atomic mass is 10.4. The van der Waals surface area contributed by atoms with E-state index in [1.807, 2.05) is 17.2 Å². The Bertz CT molecular complexity index is 794. The average Bonchev–Trinajstić information content (AvgIpc) is 3.20. The van der Waals surface area contributed by atoms with E-state index >= 15 is 0 Å². The Morgan fingerprint density at radius 3 is 2.96 bits per heavy atom. The van der Waals surface area contributed by atoms with E-state index in [0.717, 1.165) is 11.4 Å². The molecule has 3 aromatic rings. The molecule has 0 fully saturated rings. The molecule has 10 heteroatoms. The predicted octanol–water partition coefficient (Wildman–Crippen LogP) is 2.25. The van der Waals surface area contributed by atoms with Crippen molar-refractivity contribution in [2.45, 2.75) is 19.9 Å². The summed E-state index contributed by atoms with van der Waals surface area (Å²) in [7, 11) is 0. The van der Waals surface area contributed by atoms with Crippen molar-refractivity contribution >= 4 is 39.9 Å². The number of rotatable bonds is 8. The van der Waals surface area contributed by atoms with Gasteiger partial charge in [-0.25, -0.2) is 4.98 Å². The SMILES string of the molecule is CCCOc1nc2c(N(CCO)Cc3nccs3)nc(Cl)nc2[nH]1. The van der Waals surface area contributed by atoms with Gasteiger partial charge < -0.3 is 14.7 Å². The van der Waals surface area contributed by atoms with E-state index < -0.39 is 0 Å². The van der Waals surface area contributed by atoms with Gasteiger partial charge in [-0.2, -0.15) is 15.0 Å². The Balaban J connectivity index is 1.99. The summed E-state index contributed by atoms with van der Waals surface area (Å²) >= 11 is 7.58. The summed E-state index contributed by atoms with van der Waals surface area (Å²) in [4.78, 5) is 22.0. The van der Waals surface area contributed by atoms with Crippen molar-refractivity contribution in [1.82, 2.24) is 24.9 Å². The van der Waals surface area contributed by atoms with Crippen LogP contribution >= 0.6 is 22.9 Å². The molecule has 0 amide bonds. The molecular formula is C14H17ClN6O2S. The number of aliphatic hydroxyl groups excluding tert-OH is 1. The molecule has 0 atom stereocenters. The number of H-pyrrole nitrogens is 1. The quantitative estimate of drug-likeness (QED) is 0.588. The summed E-state index contributed by atoms with van der Waals surface area (Å²) in [5.74, 6) is 0.539. The second kappa shape index (κ2) is 7.73. The molecule has 0 aliphatic carbocycles. The fourth-order valence-corrected chi connectivity index (χ4v) is 3.00. The van der Waals surface area contributed by atoms with Crippen LogP contribution in [0.4, 0.5) is 5.82 Å². The molecular weight excluding hydrogens is 352 g/mol. The van der Waals surface area contributed by atoms with Gasteiger partial charge in [0.2, 0.25) is 5.28 Å². The highest BCUT2D eigenvalue weighted by molar-refractivity contribution is 7.09. The fourth-order valence-electron chi connectivity index (χ4n) is 2.20. The van der Waals surface area contributed by atoms with Crippen LogP contribution in [-0.4, -0.2) is 49.8 Å². The zero-order valence-corrected chi connectivity index (χ0v) is 14.6. The lowest BCUT2D eigenvalue weighted by molar-refractivity contribution is 0.296. The summed E-state index contributed by atoms with van der Waals surface area (Å²) in [6.07, 6.45) is 2.61. The van der Waals surface area contributed by atoms with E-state index in [4.69, 9.17) is 16.3 Å². The predicted molar refractivity (Wildman–Crippen MR) is 92.7 cm³/mol. The van der Waals surface area contributed by atoms with Crippen LogP contribution in [0.5, 0.6) is 6.01 Å². The second-order valence-electron chi connectivity index (χ2n) is 4.97. The molecule has 2 N–H and O–H groups in total. The van der Waals surface area contributed by atoms with Gasteiger partial charge in [-0.15, -0.1) is 11.3 Å². The molecule has 24 heavy (non-hydrogen) atoms. The first-order valence-corrected chi connectivity index (χ1v) is 8.77. The van der Waals surface area contributed by atoms with Crippen LogP contribution in [0, 0.1) is 0 Å². The summed E-state index contributed by atoms with van der Waals surface area (Å²) in [5, 5.41) is 12.3. The number of aromatic nitrogens is 5. The second-order valence-corrected chi connectivity index (χ2v) is 6.29.